The van der Waals surface area contributed by atoms with Gasteiger partial charge in [-0.15, -0.1) is 0 Å². The van der Waals surface area contributed by atoms with Gasteiger partial charge in [0.25, 0.3) is 0 Å². The summed E-state index contributed by atoms with van der Waals surface area (Å²) in [5.41, 5.74) is 2.95. The van der Waals surface area contributed by atoms with E-state index in [-0.39, 0.29) is 0 Å². The van der Waals surface area contributed by atoms with Crippen LogP contribution in [-0.2, 0) is 13.1 Å². The summed E-state index contributed by atoms with van der Waals surface area (Å²) in [6.07, 6.45) is 6.85. The van der Waals surface area contributed by atoms with E-state index in [1.807, 2.05) is 0 Å². The average Bonchev–Trinajstić information content (AvgIpc) is 3.15. The predicted octanol–water partition coefficient (Wildman–Crippen LogP) is 2.88. The zero-order valence-electron chi connectivity index (χ0n) is 17.3. The van der Waals surface area contributed by atoms with Gasteiger partial charge in [-0.1, -0.05) is 24.3 Å². The first-order valence-electron chi connectivity index (χ1n) is 11.2. The molecule has 0 aromatic heterocycles. The quantitative estimate of drug-likeness (QED) is 0.790. The Labute approximate surface area is 166 Å². The van der Waals surface area contributed by atoms with Crippen LogP contribution in [0.15, 0.2) is 24.3 Å². The van der Waals surface area contributed by atoms with Crippen LogP contribution in [0.2, 0.25) is 0 Å². The van der Waals surface area contributed by atoms with Crippen LogP contribution in [0.25, 0.3) is 0 Å². The van der Waals surface area contributed by atoms with Gasteiger partial charge < -0.3 is 9.80 Å². The number of likely N-dealkylation sites (N-methyl/N-ethyl adjacent to an activating group) is 1. The number of piperidine rings is 1. The number of nitrogens with zero attached hydrogens (tertiary/aromatic N) is 4. The second kappa shape index (κ2) is 9.51. The summed E-state index contributed by atoms with van der Waals surface area (Å²) in [5.74, 6) is 0. The zero-order valence-corrected chi connectivity index (χ0v) is 17.3. The van der Waals surface area contributed by atoms with Crippen LogP contribution in [0, 0.1) is 0 Å². The van der Waals surface area contributed by atoms with Crippen LogP contribution < -0.4 is 0 Å². The SMILES string of the molecule is CN1CCCN(Cc2ccc(CN3CCC(N4CCCC4)CC3)cc2)CC1. The van der Waals surface area contributed by atoms with E-state index in [1.165, 1.54) is 95.6 Å². The van der Waals surface area contributed by atoms with Crippen molar-refractivity contribution in [3.05, 3.63) is 35.4 Å². The van der Waals surface area contributed by atoms with Crippen molar-refractivity contribution in [1.29, 1.82) is 0 Å². The normalized spacial score (nSPS) is 25.1. The molecule has 1 aromatic rings. The molecular weight excluding hydrogens is 332 g/mol. The molecule has 0 radical (unpaired) electrons. The van der Waals surface area contributed by atoms with Crippen molar-refractivity contribution in [3.63, 3.8) is 0 Å². The molecule has 0 atom stereocenters. The van der Waals surface area contributed by atoms with Crippen molar-refractivity contribution in [2.24, 2.45) is 0 Å². The molecule has 0 amide bonds. The van der Waals surface area contributed by atoms with Crippen molar-refractivity contribution in [2.75, 3.05) is 59.4 Å². The summed E-state index contributed by atoms with van der Waals surface area (Å²) in [5, 5.41) is 0. The van der Waals surface area contributed by atoms with E-state index in [9.17, 15) is 0 Å². The van der Waals surface area contributed by atoms with E-state index in [0.717, 1.165) is 19.1 Å². The maximum atomic E-state index is 2.74. The molecule has 3 aliphatic rings. The van der Waals surface area contributed by atoms with E-state index in [2.05, 4.69) is 50.9 Å². The summed E-state index contributed by atoms with van der Waals surface area (Å²) in [4.78, 5) is 10.5. The lowest BCUT2D eigenvalue weighted by atomic mass is 10.0. The summed E-state index contributed by atoms with van der Waals surface area (Å²) in [6, 6.07) is 10.3. The molecule has 0 unspecified atom stereocenters. The van der Waals surface area contributed by atoms with Gasteiger partial charge in [-0.3, -0.25) is 9.80 Å². The number of rotatable bonds is 5. The minimum absolute atomic E-state index is 0.860. The van der Waals surface area contributed by atoms with Gasteiger partial charge in [-0.25, -0.2) is 0 Å². The molecule has 4 heteroatoms. The Morgan fingerprint density at radius 1 is 0.667 bits per heavy atom. The molecule has 1 aromatic carbocycles. The summed E-state index contributed by atoms with van der Waals surface area (Å²) in [7, 11) is 2.24. The summed E-state index contributed by atoms with van der Waals surface area (Å²) >= 11 is 0. The van der Waals surface area contributed by atoms with Gasteiger partial charge in [0.15, 0.2) is 0 Å². The number of likely N-dealkylation sites (tertiary alicyclic amines) is 2. The highest BCUT2D eigenvalue weighted by atomic mass is 15.2. The molecular formula is C23H38N4. The maximum absolute atomic E-state index is 2.74. The lowest BCUT2D eigenvalue weighted by Crippen LogP contribution is -2.43. The lowest BCUT2D eigenvalue weighted by Gasteiger charge is -2.36. The number of hydrogen-bond acceptors (Lipinski definition) is 4. The molecule has 3 saturated heterocycles. The number of hydrogen-bond donors (Lipinski definition) is 0. The Morgan fingerprint density at radius 2 is 1.26 bits per heavy atom. The van der Waals surface area contributed by atoms with Gasteiger partial charge in [0, 0.05) is 32.2 Å². The largest absolute Gasteiger partial charge is 0.305 e. The lowest BCUT2D eigenvalue weighted by molar-refractivity contribution is 0.122. The third-order valence-electron chi connectivity index (χ3n) is 6.86. The van der Waals surface area contributed by atoms with Crippen LogP contribution in [0.3, 0.4) is 0 Å². The zero-order chi connectivity index (χ0) is 18.5. The van der Waals surface area contributed by atoms with Crippen LogP contribution in [0.4, 0.5) is 0 Å². The van der Waals surface area contributed by atoms with Crippen molar-refractivity contribution >= 4 is 0 Å². The molecule has 3 heterocycles. The van der Waals surface area contributed by atoms with Crippen molar-refractivity contribution in [3.8, 4) is 0 Å². The predicted molar refractivity (Wildman–Crippen MR) is 113 cm³/mol. The first kappa shape index (κ1) is 19.4. The number of benzene rings is 1. The Morgan fingerprint density at radius 3 is 1.89 bits per heavy atom. The first-order chi connectivity index (χ1) is 13.3. The van der Waals surface area contributed by atoms with Crippen LogP contribution in [0.1, 0.15) is 43.2 Å². The third-order valence-corrected chi connectivity index (χ3v) is 6.86. The molecule has 3 fully saturated rings. The second-order valence-corrected chi connectivity index (χ2v) is 9.00. The fourth-order valence-electron chi connectivity index (χ4n) is 5.07. The minimum Gasteiger partial charge on any atom is -0.305 e. The molecule has 0 N–H and O–H groups in total. The molecule has 0 aliphatic carbocycles. The summed E-state index contributed by atoms with van der Waals surface area (Å²) < 4.78 is 0. The van der Waals surface area contributed by atoms with E-state index in [1.54, 1.807) is 0 Å². The van der Waals surface area contributed by atoms with Gasteiger partial charge in [-0.2, -0.15) is 0 Å². The maximum Gasteiger partial charge on any atom is 0.0234 e. The van der Waals surface area contributed by atoms with Crippen LogP contribution >= 0.6 is 0 Å². The Balaban J connectivity index is 1.22. The molecule has 0 spiro atoms. The Hall–Kier alpha value is -0.940. The second-order valence-electron chi connectivity index (χ2n) is 9.00. The van der Waals surface area contributed by atoms with Gasteiger partial charge >= 0.3 is 0 Å². The molecule has 150 valence electrons. The van der Waals surface area contributed by atoms with E-state index < -0.39 is 0 Å². The van der Waals surface area contributed by atoms with Crippen LogP contribution in [-0.4, -0.2) is 85.0 Å². The van der Waals surface area contributed by atoms with Crippen molar-refractivity contribution in [2.45, 2.75) is 51.2 Å². The van der Waals surface area contributed by atoms with Crippen molar-refractivity contribution < 1.29 is 0 Å². The van der Waals surface area contributed by atoms with Gasteiger partial charge in [0.05, 0.1) is 0 Å². The fourth-order valence-corrected chi connectivity index (χ4v) is 5.07. The average molecular weight is 371 g/mol. The molecule has 4 nitrogen and oxygen atoms in total. The first-order valence-corrected chi connectivity index (χ1v) is 11.2. The fraction of sp³-hybridized carbons (Fsp3) is 0.739. The molecule has 0 bridgehead atoms. The smallest absolute Gasteiger partial charge is 0.0234 e. The highest BCUT2D eigenvalue weighted by Gasteiger charge is 2.26. The van der Waals surface area contributed by atoms with Crippen LogP contribution in [0.5, 0.6) is 0 Å². The van der Waals surface area contributed by atoms with Gasteiger partial charge in [0.1, 0.15) is 0 Å². The topological polar surface area (TPSA) is 13.0 Å². The molecule has 4 rings (SSSR count). The molecule has 3 aliphatic heterocycles. The molecule has 27 heavy (non-hydrogen) atoms. The van der Waals surface area contributed by atoms with Crippen molar-refractivity contribution in [1.82, 2.24) is 19.6 Å². The van der Waals surface area contributed by atoms with E-state index in [4.69, 9.17) is 0 Å². The Kier molecular flexibility index (Phi) is 6.82. The minimum atomic E-state index is 0.860. The molecule has 0 saturated carbocycles. The van der Waals surface area contributed by atoms with E-state index in [0.29, 0.717) is 0 Å². The van der Waals surface area contributed by atoms with Gasteiger partial charge in [-0.05, 0) is 89.5 Å². The monoisotopic (exact) mass is 370 g/mol. The Bertz CT molecular complexity index is 558. The highest BCUT2D eigenvalue weighted by molar-refractivity contribution is 5.22. The van der Waals surface area contributed by atoms with E-state index >= 15 is 0 Å². The summed E-state index contributed by atoms with van der Waals surface area (Å²) in [6.45, 7) is 12.3. The highest BCUT2D eigenvalue weighted by Crippen LogP contribution is 2.22. The third kappa shape index (κ3) is 5.54. The standard InChI is InChI=1S/C23H38N4/c1-24-11-4-12-25(18-17-24)19-21-5-7-22(8-6-21)20-26-15-9-23(10-16-26)27-13-2-3-14-27/h5-8,23H,2-4,9-20H2,1H3. The van der Waals surface area contributed by atoms with Gasteiger partial charge in [0.2, 0.25) is 0 Å².